The minimum Gasteiger partial charge on any atom is -0.458 e. The molecule has 0 radical (unpaired) electrons. The highest BCUT2D eigenvalue weighted by molar-refractivity contribution is 6.00. The molecule has 2 aromatic rings. The summed E-state index contributed by atoms with van der Waals surface area (Å²) in [6.45, 7) is 13.5. The van der Waals surface area contributed by atoms with Crippen molar-refractivity contribution in [3.63, 3.8) is 0 Å². The van der Waals surface area contributed by atoms with Gasteiger partial charge in [-0.25, -0.2) is 0 Å². The number of pyridine rings is 1. The number of aromatic nitrogens is 1. The van der Waals surface area contributed by atoms with Gasteiger partial charge in [-0.15, -0.1) is 0 Å². The summed E-state index contributed by atoms with van der Waals surface area (Å²) in [6, 6.07) is 11.5. The average Bonchev–Trinajstić information content (AvgIpc) is 3.45. The van der Waals surface area contributed by atoms with Crippen molar-refractivity contribution in [1.82, 2.24) is 9.88 Å². The Bertz CT molecular complexity index is 1880. The monoisotopic (exact) mass is 789 g/mol. The van der Waals surface area contributed by atoms with Gasteiger partial charge in [-0.3, -0.25) is 24.2 Å². The molecule has 4 heterocycles. The van der Waals surface area contributed by atoms with Crippen LogP contribution in [0, 0.1) is 46.8 Å². The number of fused-ring (bicyclic) bond motifs is 2. The van der Waals surface area contributed by atoms with Crippen molar-refractivity contribution in [2.75, 3.05) is 20.7 Å². The second-order valence-corrected chi connectivity index (χ2v) is 16.9. The first-order valence-corrected chi connectivity index (χ1v) is 20.1. The number of esters is 2. The number of nitriles is 1. The molecule has 0 unspecified atom stereocenters. The fourth-order valence-electron chi connectivity index (χ4n) is 9.32. The third kappa shape index (κ3) is 9.00. The van der Waals surface area contributed by atoms with Crippen LogP contribution in [-0.2, 0) is 42.9 Å². The van der Waals surface area contributed by atoms with Crippen molar-refractivity contribution in [2.24, 2.45) is 35.5 Å². The standard InChI is InChI=1S/C44H59N3O10/c1-11-34-44(8)35(31(23-45)41(52)57-44)26(4)36(48)24(2)22-43(7,53-19-13-14-29-16-17-30-15-12-18-46-32(30)21-29)39(27(5)37(49)28(6)40(51)55-34)56-42-38(50)33(47(9)10)20-25(3)54-42/h12-18,21,24-28,31,33-35,38-39,42,50H,11,19-20,22H2,1-10H3/b14-13+/t24-,25-,26-,27+,28-,31+,33+,34-,35+,38-,39-,42+,43-,44-/m1/s1. The van der Waals surface area contributed by atoms with Crippen LogP contribution in [0.5, 0.6) is 0 Å². The van der Waals surface area contributed by atoms with Crippen LogP contribution in [0.4, 0.5) is 0 Å². The highest BCUT2D eigenvalue weighted by atomic mass is 16.7. The maximum atomic E-state index is 14.6. The van der Waals surface area contributed by atoms with Gasteiger partial charge >= 0.3 is 11.9 Å². The molecule has 0 spiro atoms. The summed E-state index contributed by atoms with van der Waals surface area (Å²) in [5.41, 5.74) is -1.20. The van der Waals surface area contributed by atoms with Crippen LogP contribution in [0.1, 0.15) is 80.2 Å². The summed E-state index contributed by atoms with van der Waals surface area (Å²) in [4.78, 5) is 62.5. The number of nitrogens with zero attached hydrogens (tertiary/aromatic N) is 3. The zero-order valence-electron chi connectivity index (χ0n) is 34.8. The lowest BCUT2D eigenvalue weighted by molar-refractivity contribution is -0.296. The molecule has 1 N–H and O–H groups in total. The summed E-state index contributed by atoms with van der Waals surface area (Å²) >= 11 is 0. The number of likely N-dealkylation sites (N-methyl/N-ethyl adjacent to an activating group) is 1. The molecule has 1 aromatic heterocycles. The summed E-state index contributed by atoms with van der Waals surface area (Å²) in [7, 11) is 3.72. The second kappa shape index (κ2) is 17.8. The molecule has 13 heteroatoms. The third-order valence-electron chi connectivity index (χ3n) is 12.5. The van der Waals surface area contributed by atoms with Gasteiger partial charge in [0.05, 0.1) is 36.0 Å². The fraction of sp³-hybridized carbons (Fsp3) is 0.636. The predicted octanol–water partition coefficient (Wildman–Crippen LogP) is 5.31. The van der Waals surface area contributed by atoms with Gasteiger partial charge in [0.15, 0.2) is 23.6 Å². The van der Waals surface area contributed by atoms with E-state index in [1.807, 2.05) is 74.5 Å². The van der Waals surface area contributed by atoms with Gasteiger partial charge in [0.25, 0.3) is 0 Å². The van der Waals surface area contributed by atoms with Crippen LogP contribution >= 0.6 is 0 Å². The molecule has 13 nitrogen and oxygen atoms in total. The number of ketones is 2. The van der Waals surface area contributed by atoms with Crippen LogP contribution in [0.25, 0.3) is 17.0 Å². The van der Waals surface area contributed by atoms with E-state index in [2.05, 4.69) is 4.98 Å². The van der Waals surface area contributed by atoms with Crippen molar-refractivity contribution < 1.29 is 48.0 Å². The average molecular weight is 790 g/mol. The van der Waals surface area contributed by atoms with Gasteiger partial charge in [-0.05, 0) is 78.7 Å². The van der Waals surface area contributed by atoms with E-state index < -0.39 is 89.0 Å². The molecule has 3 saturated heterocycles. The number of hydrogen-bond donors (Lipinski definition) is 1. The van der Waals surface area contributed by atoms with Gasteiger partial charge in [-0.1, -0.05) is 58.0 Å². The SMILES string of the molecule is CC[C@H]1OC(=O)[C@H](C)C(=O)[C@H](C)[C@@H](O[C@@H]2O[C@H](C)C[C@H](N(C)C)[C@H]2O)[C@](C)(OC/C=C/c2ccc3cccnc3c2)C[C@@H](C)C(=O)[C@H](C)[C@H]2[C@H](C#N)C(=O)O[C@@]21C. The molecule has 5 rings (SSSR count). The highest BCUT2D eigenvalue weighted by Crippen LogP contribution is 2.48. The lowest BCUT2D eigenvalue weighted by atomic mass is 9.67. The Hall–Kier alpha value is -4.06. The maximum Gasteiger partial charge on any atom is 0.324 e. The molecule has 0 aliphatic carbocycles. The lowest BCUT2D eigenvalue weighted by Gasteiger charge is -2.47. The maximum absolute atomic E-state index is 14.6. The number of carbonyl (C=O) groups excluding carboxylic acids is 4. The normalized spacial score (nSPS) is 38.4. The number of carbonyl (C=O) groups is 4. The minimum absolute atomic E-state index is 0.0349. The summed E-state index contributed by atoms with van der Waals surface area (Å²) in [5, 5.41) is 22.8. The van der Waals surface area contributed by atoms with E-state index in [-0.39, 0.29) is 37.4 Å². The smallest absolute Gasteiger partial charge is 0.324 e. The van der Waals surface area contributed by atoms with Gasteiger partial charge < -0.3 is 33.7 Å². The Kier molecular flexibility index (Phi) is 13.8. The number of benzene rings is 1. The molecule has 0 saturated carbocycles. The second-order valence-electron chi connectivity index (χ2n) is 16.9. The van der Waals surface area contributed by atoms with E-state index >= 15 is 0 Å². The largest absolute Gasteiger partial charge is 0.458 e. The van der Waals surface area contributed by atoms with Crippen LogP contribution < -0.4 is 0 Å². The molecule has 3 aliphatic heterocycles. The van der Waals surface area contributed by atoms with Crippen molar-refractivity contribution >= 4 is 40.5 Å². The summed E-state index contributed by atoms with van der Waals surface area (Å²) < 4.78 is 31.5. The molecule has 57 heavy (non-hydrogen) atoms. The van der Waals surface area contributed by atoms with Crippen LogP contribution in [0.2, 0.25) is 0 Å². The molecule has 0 amide bonds. The molecular weight excluding hydrogens is 730 g/mol. The minimum atomic E-state index is -1.52. The number of hydrogen-bond acceptors (Lipinski definition) is 13. The lowest BCUT2D eigenvalue weighted by Crippen LogP contribution is -2.59. The van der Waals surface area contributed by atoms with Crippen LogP contribution in [0.15, 0.2) is 42.6 Å². The first kappa shape index (κ1) is 44.1. The van der Waals surface area contributed by atoms with Gasteiger partial charge in [0.2, 0.25) is 0 Å². The van der Waals surface area contributed by atoms with Crippen molar-refractivity contribution in [3.05, 3.63) is 48.2 Å². The highest BCUT2D eigenvalue weighted by Gasteiger charge is 2.62. The first-order valence-electron chi connectivity index (χ1n) is 20.1. The number of Topliss-reactive ketones (excluding diaryl/α,β-unsaturated/α-hetero) is 2. The van der Waals surface area contributed by atoms with Gasteiger partial charge in [0.1, 0.15) is 23.9 Å². The number of rotatable bonds is 8. The van der Waals surface area contributed by atoms with E-state index in [1.165, 1.54) is 6.92 Å². The zero-order chi connectivity index (χ0) is 42.0. The number of cyclic esters (lactones) is 1. The third-order valence-corrected chi connectivity index (χ3v) is 12.5. The van der Waals surface area contributed by atoms with E-state index in [1.54, 1.807) is 47.7 Å². The molecule has 3 fully saturated rings. The Labute approximate surface area is 336 Å². The number of aliphatic hydroxyl groups is 1. The molecule has 0 bridgehead atoms. The zero-order valence-corrected chi connectivity index (χ0v) is 34.8. The van der Waals surface area contributed by atoms with Crippen molar-refractivity contribution in [2.45, 2.75) is 123 Å². The molecule has 1 aromatic carbocycles. The Morgan fingerprint density at radius 1 is 1.04 bits per heavy atom. The van der Waals surface area contributed by atoms with Crippen LogP contribution in [-0.4, -0.2) is 107 Å². The van der Waals surface area contributed by atoms with E-state index in [4.69, 9.17) is 23.7 Å². The topological polar surface area (TPSA) is 175 Å². The molecular formula is C44H59N3O10. The van der Waals surface area contributed by atoms with Crippen molar-refractivity contribution in [3.8, 4) is 6.07 Å². The number of ether oxygens (including phenoxy) is 5. The van der Waals surface area contributed by atoms with Gasteiger partial charge in [-0.2, -0.15) is 5.26 Å². The van der Waals surface area contributed by atoms with Gasteiger partial charge in [0, 0.05) is 41.3 Å². The molecule has 310 valence electrons. The van der Waals surface area contributed by atoms with E-state index in [0.29, 0.717) is 6.42 Å². The molecule has 14 atom stereocenters. The summed E-state index contributed by atoms with van der Waals surface area (Å²) in [6.07, 6.45) is 1.43. The Balaban J connectivity index is 1.58. The fourth-order valence-corrected chi connectivity index (χ4v) is 9.32. The van der Waals surface area contributed by atoms with E-state index in [0.717, 1.165) is 16.5 Å². The predicted molar refractivity (Wildman–Crippen MR) is 211 cm³/mol. The number of aliphatic hydroxyl groups excluding tert-OH is 1. The first-order chi connectivity index (χ1) is 26.9. The summed E-state index contributed by atoms with van der Waals surface area (Å²) in [5.74, 6) is -8.61. The van der Waals surface area contributed by atoms with Crippen LogP contribution in [0.3, 0.4) is 0 Å². The quantitative estimate of drug-likeness (QED) is 0.269. The van der Waals surface area contributed by atoms with E-state index in [9.17, 15) is 29.5 Å². The Morgan fingerprint density at radius 3 is 2.42 bits per heavy atom. The molecule has 3 aliphatic rings. The van der Waals surface area contributed by atoms with Crippen molar-refractivity contribution in [1.29, 1.82) is 5.26 Å². The Morgan fingerprint density at radius 2 is 1.75 bits per heavy atom.